The van der Waals surface area contributed by atoms with Gasteiger partial charge in [-0.1, -0.05) is 0 Å². The second-order valence-electron chi connectivity index (χ2n) is 6.34. The SMILES string of the molecule is N[C@@H](CC(=O)N1CCCCCN1C(=O)C(=O)O)Cc1cc(F)c(F)cc1F. The molecule has 7 nitrogen and oxygen atoms in total. The molecule has 1 aromatic rings. The van der Waals surface area contributed by atoms with Crippen molar-refractivity contribution in [3.05, 3.63) is 35.1 Å². The molecule has 3 N–H and O–H groups in total. The number of nitrogens with zero attached hydrogens (tertiary/aromatic N) is 2. The number of carbonyl (C=O) groups excluding carboxylic acids is 2. The Morgan fingerprint density at radius 2 is 1.59 bits per heavy atom. The summed E-state index contributed by atoms with van der Waals surface area (Å²) in [6, 6.07) is 0.157. The summed E-state index contributed by atoms with van der Waals surface area (Å²) in [5.41, 5.74) is 5.66. The van der Waals surface area contributed by atoms with Crippen molar-refractivity contribution in [2.75, 3.05) is 13.1 Å². The van der Waals surface area contributed by atoms with E-state index in [0.717, 1.165) is 16.4 Å². The molecule has 0 radical (unpaired) electrons. The molecule has 1 atom stereocenters. The first kappa shape index (κ1) is 20.7. The Labute approximate surface area is 153 Å². The van der Waals surface area contributed by atoms with E-state index in [1.54, 1.807) is 0 Å². The number of benzene rings is 1. The predicted octanol–water partition coefficient (Wildman–Crippen LogP) is 1.20. The lowest BCUT2D eigenvalue weighted by atomic mass is 10.0. The Morgan fingerprint density at radius 1 is 1.00 bits per heavy atom. The lowest BCUT2D eigenvalue weighted by Crippen LogP contribution is -2.52. The van der Waals surface area contributed by atoms with Gasteiger partial charge in [-0.05, 0) is 37.3 Å². The molecule has 0 spiro atoms. The summed E-state index contributed by atoms with van der Waals surface area (Å²) in [6.45, 7) is 0.244. The normalized spacial score (nSPS) is 16.0. The molecule has 0 saturated carbocycles. The molecule has 1 aliphatic heterocycles. The van der Waals surface area contributed by atoms with Gasteiger partial charge in [-0.2, -0.15) is 0 Å². The number of carboxylic acid groups (broad SMARTS) is 1. The van der Waals surface area contributed by atoms with Crippen LogP contribution in [0, 0.1) is 17.5 Å². The van der Waals surface area contributed by atoms with Gasteiger partial charge in [0.15, 0.2) is 11.6 Å². The maximum Gasteiger partial charge on any atom is 0.396 e. The standard InChI is InChI=1S/C17H20F3N3O4/c18-12-9-14(20)13(19)7-10(12)6-11(21)8-15(24)22-4-2-1-3-5-23(22)16(25)17(26)27/h7,9,11H,1-6,8,21H2,(H,26,27)/t11-/m1/s1. The van der Waals surface area contributed by atoms with E-state index in [-0.39, 0.29) is 31.5 Å². The fourth-order valence-electron chi connectivity index (χ4n) is 2.93. The van der Waals surface area contributed by atoms with Crippen LogP contribution in [0.4, 0.5) is 13.2 Å². The number of nitrogens with two attached hydrogens (primary N) is 1. The predicted molar refractivity (Wildman–Crippen MR) is 87.5 cm³/mol. The molecular formula is C17H20F3N3O4. The summed E-state index contributed by atoms with van der Waals surface area (Å²) in [5.74, 6) is -7.02. The molecule has 0 aromatic heterocycles. The number of hydrazine groups is 1. The van der Waals surface area contributed by atoms with Gasteiger partial charge in [-0.3, -0.25) is 14.6 Å². The molecule has 2 amide bonds. The zero-order valence-electron chi connectivity index (χ0n) is 14.5. The summed E-state index contributed by atoms with van der Waals surface area (Å²) in [4.78, 5) is 35.3. The third-order valence-corrected chi connectivity index (χ3v) is 4.24. The van der Waals surface area contributed by atoms with Crippen molar-refractivity contribution in [3.63, 3.8) is 0 Å². The van der Waals surface area contributed by atoms with E-state index < -0.39 is 41.3 Å². The minimum absolute atomic E-state index is 0.0872. The Kier molecular flexibility index (Phi) is 6.78. The van der Waals surface area contributed by atoms with Crippen molar-refractivity contribution >= 4 is 17.8 Å². The van der Waals surface area contributed by atoms with Crippen molar-refractivity contribution in [2.24, 2.45) is 5.73 Å². The van der Waals surface area contributed by atoms with Gasteiger partial charge in [0.05, 0.1) is 0 Å². The number of carboxylic acids is 1. The van der Waals surface area contributed by atoms with Crippen LogP contribution in [0.1, 0.15) is 31.2 Å². The van der Waals surface area contributed by atoms with E-state index in [1.807, 2.05) is 0 Å². The lowest BCUT2D eigenvalue weighted by molar-refractivity contribution is -0.172. The minimum atomic E-state index is -1.68. The molecule has 27 heavy (non-hydrogen) atoms. The van der Waals surface area contributed by atoms with E-state index in [9.17, 15) is 27.6 Å². The van der Waals surface area contributed by atoms with E-state index in [0.29, 0.717) is 25.0 Å². The van der Waals surface area contributed by atoms with Gasteiger partial charge in [0.2, 0.25) is 5.91 Å². The summed E-state index contributed by atoms with van der Waals surface area (Å²) in [6.07, 6.45) is 1.31. The smallest absolute Gasteiger partial charge is 0.396 e. The quantitative estimate of drug-likeness (QED) is 0.597. The van der Waals surface area contributed by atoms with E-state index in [1.165, 1.54) is 0 Å². The maximum absolute atomic E-state index is 13.7. The monoisotopic (exact) mass is 387 g/mol. The second kappa shape index (κ2) is 8.85. The van der Waals surface area contributed by atoms with Crippen LogP contribution in [0.5, 0.6) is 0 Å². The minimum Gasteiger partial charge on any atom is -0.474 e. The highest BCUT2D eigenvalue weighted by molar-refractivity contribution is 6.31. The summed E-state index contributed by atoms with van der Waals surface area (Å²) < 4.78 is 40.0. The summed E-state index contributed by atoms with van der Waals surface area (Å²) in [5, 5.41) is 10.8. The van der Waals surface area contributed by atoms with Crippen molar-refractivity contribution in [2.45, 2.75) is 38.1 Å². The molecular weight excluding hydrogens is 367 g/mol. The molecule has 0 unspecified atom stereocenters. The van der Waals surface area contributed by atoms with Crippen LogP contribution >= 0.6 is 0 Å². The average Bonchev–Trinajstić information content (AvgIpc) is 2.84. The fourth-order valence-corrected chi connectivity index (χ4v) is 2.93. The second-order valence-corrected chi connectivity index (χ2v) is 6.34. The van der Waals surface area contributed by atoms with Crippen molar-refractivity contribution < 1.29 is 32.7 Å². The topological polar surface area (TPSA) is 104 Å². The number of rotatable bonds is 4. The van der Waals surface area contributed by atoms with Crippen LogP contribution in [-0.2, 0) is 20.8 Å². The van der Waals surface area contributed by atoms with Gasteiger partial charge in [-0.25, -0.2) is 23.0 Å². The van der Waals surface area contributed by atoms with E-state index >= 15 is 0 Å². The third-order valence-electron chi connectivity index (χ3n) is 4.24. The van der Waals surface area contributed by atoms with Gasteiger partial charge in [0.1, 0.15) is 5.82 Å². The number of halogens is 3. The molecule has 1 heterocycles. The lowest BCUT2D eigenvalue weighted by Gasteiger charge is -2.32. The first-order chi connectivity index (χ1) is 12.7. The molecule has 1 aromatic carbocycles. The van der Waals surface area contributed by atoms with Crippen LogP contribution in [0.15, 0.2) is 12.1 Å². The third kappa shape index (κ3) is 5.19. The first-order valence-corrected chi connectivity index (χ1v) is 8.44. The van der Waals surface area contributed by atoms with Gasteiger partial charge in [0, 0.05) is 31.6 Å². The van der Waals surface area contributed by atoms with Crippen LogP contribution in [0.3, 0.4) is 0 Å². The average molecular weight is 387 g/mol. The number of amides is 2. The van der Waals surface area contributed by atoms with Gasteiger partial charge < -0.3 is 10.8 Å². The molecule has 1 saturated heterocycles. The van der Waals surface area contributed by atoms with Crippen LogP contribution in [0.25, 0.3) is 0 Å². The fraction of sp³-hybridized carbons (Fsp3) is 0.471. The highest BCUT2D eigenvalue weighted by Gasteiger charge is 2.31. The van der Waals surface area contributed by atoms with Gasteiger partial charge in [-0.15, -0.1) is 0 Å². The summed E-state index contributed by atoms with van der Waals surface area (Å²) >= 11 is 0. The first-order valence-electron chi connectivity index (χ1n) is 8.44. The molecule has 0 aliphatic carbocycles. The molecule has 10 heteroatoms. The highest BCUT2D eigenvalue weighted by Crippen LogP contribution is 2.18. The number of carbonyl (C=O) groups is 3. The summed E-state index contributed by atoms with van der Waals surface area (Å²) in [7, 11) is 0. The van der Waals surface area contributed by atoms with Crippen LogP contribution in [0.2, 0.25) is 0 Å². The molecule has 2 rings (SSSR count). The molecule has 0 bridgehead atoms. The van der Waals surface area contributed by atoms with Crippen LogP contribution < -0.4 is 5.73 Å². The Balaban J connectivity index is 2.08. The molecule has 1 fully saturated rings. The maximum atomic E-state index is 13.7. The largest absolute Gasteiger partial charge is 0.474 e. The number of hydrogen-bond donors (Lipinski definition) is 2. The Bertz CT molecular complexity index is 744. The zero-order chi connectivity index (χ0) is 20.1. The zero-order valence-corrected chi connectivity index (χ0v) is 14.5. The number of aliphatic carboxylic acids is 1. The Morgan fingerprint density at radius 3 is 2.22 bits per heavy atom. The highest BCUT2D eigenvalue weighted by atomic mass is 19.2. The molecule has 148 valence electrons. The van der Waals surface area contributed by atoms with Crippen molar-refractivity contribution in [1.82, 2.24) is 10.0 Å². The van der Waals surface area contributed by atoms with Gasteiger partial charge in [0.25, 0.3) is 0 Å². The van der Waals surface area contributed by atoms with Gasteiger partial charge >= 0.3 is 11.9 Å². The van der Waals surface area contributed by atoms with Crippen molar-refractivity contribution in [1.29, 1.82) is 0 Å². The van der Waals surface area contributed by atoms with E-state index in [4.69, 9.17) is 10.8 Å². The van der Waals surface area contributed by atoms with Crippen LogP contribution in [-0.4, -0.2) is 52.0 Å². The molecule has 1 aliphatic rings. The van der Waals surface area contributed by atoms with Crippen molar-refractivity contribution in [3.8, 4) is 0 Å². The Hall–Kier alpha value is -2.62. The number of hydrogen-bond acceptors (Lipinski definition) is 4. The van der Waals surface area contributed by atoms with E-state index in [2.05, 4.69) is 0 Å².